The van der Waals surface area contributed by atoms with Gasteiger partial charge in [0.1, 0.15) is 48.7 Å². The molecule has 0 saturated carbocycles. The first-order valence-corrected chi connectivity index (χ1v) is 21.6. The van der Waals surface area contributed by atoms with E-state index in [9.17, 15) is 28.9 Å². The molecule has 4 fully saturated rings. The Morgan fingerprint density at radius 1 is 0.683 bits per heavy atom. The molecule has 4 aliphatic heterocycles. The minimum Gasteiger partial charge on any atom is -0.370 e. The number of anilines is 2. The number of hydrogen-bond donors (Lipinski definition) is 2. The van der Waals surface area contributed by atoms with Gasteiger partial charge in [-0.2, -0.15) is 10.5 Å². The number of rotatable bonds is 10. The van der Waals surface area contributed by atoms with E-state index in [-0.39, 0.29) is 35.2 Å². The second kappa shape index (κ2) is 19.9. The lowest BCUT2D eigenvalue weighted by Crippen LogP contribution is -2.41. The first-order chi connectivity index (χ1) is 29.1. The highest BCUT2D eigenvalue weighted by Crippen LogP contribution is 2.36. The van der Waals surface area contributed by atoms with Crippen LogP contribution < -0.4 is 20.4 Å². The topological polar surface area (TPSA) is 164 Å². The molecule has 4 saturated heterocycles. The number of nitrogens with zero attached hydrogens (tertiary/aromatic N) is 8. The zero-order valence-corrected chi connectivity index (χ0v) is 34.7. The molecule has 0 amide bonds. The van der Waals surface area contributed by atoms with Gasteiger partial charge in [0.15, 0.2) is 0 Å². The highest BCUT2D eigenvalue weighted by atomic mass is 19.1. The summed E-state index contributed by atoms with van der Waals surface area (Å²) in [6.45, 7) is 10.0. The van der Waals surface area contributed by atoms with Crippen LogP contribution in [0, 0.1) is 58.2 Å². The third kappa shape index (κ3) is 10.4. The van der Waals surface area contributed by atoms with Crippen LogP contribution in [0.2, 0.25) is 0 Å². The van der Waals surface area contributed by atoms with Gasteiger partial charge in [0.2, 0.25) is 0 Å². The van der Waals surface area contributed by atoms with Crippen LogP contribution in [0.3, 0.4) is 0 Å². The second-order valence-electron chi connectivity index (χ2n) is 17.7. The van der Waals surface area contributed by atoms with E-state index in [0.29, 0.717) is 72.8 Å². The van der Waals surface area contributed by atoms with Crippen LogP contribution in [-0.4, -0.2) is 96.2 Å². The smallest absolute Gasteiger partial charge is 0.133 e. The molecule has 8 atom stereocenters. The Morgan fingerprint density at radius 3 is 1.52 bits per heavy atom. The van der Waals surface area contributed by atoms with Crippen molar-refractivity contribution in [3.63, 3.8) is 0 Å². The van der Waals surface area contributed by atoms with Crippen molar-refractivity contribution < 1.29 is 18.4 Å². The third-order valence-corrected chi connectivity index (χ3v) is 12.8. The summed E-state index contributed by atoms with van der Waals surface area (Å²) < 4.78 is 28.2. The lowest BCUT2D eigenvalue weighted by atomic mass is 9.83. The fourth-order valence-electron chi connectivity index (χ4n) is 10.1. The monoisotopic (exact) mass is 818 g/mol. The fourth-order valence-corrected chi connectivity index (χ4v) is 10.1. The Bertz CT molecular complexity index is 2070. The predicted molar refractivity (Wildman–Crippen MR) is 228 cm³/mol. The van der Waals surface area contributed by atoms with Crippen molar-refractivity contribution in [1.29, 1.82) is 10.5 Å². The molecule has 4 aromatic rings. The van der Waals surface area contributed by atoms with Crippen molar-refractivity contribution >= 4 is 44.7 Å². The van der Waals surface area contributed by atoms with Crippen LogP contribution in [0.15, 0.2) is 49.3 Å². The standard InChI is InChI=1S/2C23H28FN5O/c2*1-15-6-16(7-19(30)8-17-4-5-26-11-21(17)24)13-29(12-15)22-3-2-18(9-25)23-20(22)10-27-14-28-23/h2*2-3,10,14-17,21,26H,4-8,11-13H2,1H3/t15-,16-,17+,21+;15-,16-,17-,21-/m00/s1. The van der Waals surface area contributed by atoms with E-state index in [0.717, 1.165) is 87.1 Å². The van der Waals surface area contributed by atoms with Gasteiger partial charge in [-0.25, -0.2) is 28.7 Å². The van der Waals surface area contributed by atoms with Gasteiger partial charge in [-0.15, -0.1) is 0 Å². The number of halogens is 2. The lowest BCUT2D eigenvalue weighted by molar-refractivity contribution is -0.122. The number of carbonyl (C=O) groups excluding carboxylic acids is 2. The van der Waals surface area contributed by atoms with Crippen molar-refractivity contribution in [2.75, 3.05) is 62.2 Å². The summed E-state index contributed by atoms with van der Waals surface area (Å²) >= 11 is 0. The van der Waals surface area contributed by atoms with Crippen LogP contribution in [-0.2, 0) is 9.59 Å². The minimum atomic E-state index is -0.922. The van der Waals surface area contributed by atoms with E-state index in [1.165, 1.54) is 12.7 Å². The number of fused-ring (bicyclic) bond motifs is 2. The average Bonchev–Trinajstić information content (AvgIpc) is 3.24. The first-order valence-electron chi connectivity index (χ1n) is 21.6. The van der Waals surface area contributed by atoms with Gasteiger partial charge in [-0.3, -0.25) is 9.59 Å². The highest BCUT2D eigenvalue weighted by Gasteiger charge is 2.33. The Kier molecular flexibility index (Phi) is 14.3. The molecular formula is C46H56F2N10O2. The lowest BCUT2D eigenvalue weighted by Gasteiger charge is -2.38. The molecule has 0 aliphatic carbocycles. The number of benzene rings is 2. The maximum Gasteiger partial charge on any atom is 0.133 e. The Balaban J connectivity index is 0.000000181. The number of nitriles is 2. The molecule has 4 aliphatic rings. The van der Waals surface area contributed by atoms with Gasteiger partial charge < -0.3 is 20.4 Å². The van der Waals surface area contributed by atoms with Crippen LogP contribution in [0.5, 0.6) is 0 Å². The van der Waals surface area contributed by atoms with Crippen molar-refractivity contribution in [2.45, 2.75) is 77.6 Å². The van der Waals surface area contributed by atoms with Crippen molar-refractivity contribution in [3.05, 3.63) is 60.4 Å². The van der Waals surface area contributed by atoms with Crippen LogP contribution >= 0.6 is 0 Å². The highest BCUT2D eigenvalue weighted by molar-refractivity contribution is 5.95. The molecular weight excluding hydrogens is 763 g/mol. The zero-order valence-electron chi connectivity index (χ0n) is 34.7. The fraction of sp³-hybridized carbons (Fsp3) is 0.565. The van der Waals surface area contributed by atoms with Gasteiger partial charge in [0.25, 0.3) is 0 Å². The van der Waals surface area contributed by atoms with E-state index in [1.54, 1.807) is 12.4 Å². The van der Waals surface area contributed by atoms with Crippen molar-refractivity contribution in [1.82, 2.24) is 30.6 Å². The van der Waals surface area contributed by atoms with Crippen LogP contribution in [0.1, 0.15) is 76.3 Å². The van der Waals surface area contributed by atoms with Gasteiger partial charge in [-0.05, 0) is 98.5 Å². The molecule has 0 bridgehead atoms. The maximum absolute atomic E-state index is 14.1. The first kappa shape index (κ1) is 42.9. The molecule has 12 nitrogen and oxygen atoms in total. The number of aromatic nitrogens is 4. The molecule has 2 aromatic carbocycles. The molecule has 0 spiro atoms. The van der Waals surface area contributed by atoms with E-state index in [2.05, 4.69) is 66.4 Å². The quantitative estimate of drug-likeness (QED) is 0.178. The number of hydrogen-bond acceptors (Lipinski definition) is 12. The molecule has 316 valence electrons. The molecule has 6 heterocycles. The summed E-state index contributed by atoms with van der Waals surface area (Å²) in [5, 5.41) is 26.6. The second-order valence-corrected chi connectivity index (χ2v) is 17.7. The SMILES string of the molecule is C[C@H]1C[C@@H](CC(=O)C[C@@H]2CCNC[C@@H]2F)CN(c2ccc(C#N)c3ncncc23)C1.C[C@H]1C[C@@H](CC(=O)C[C@H]2CCNC[C@H]2F)CN(c2ccc(C#N)c3ncncc23)C1. The summed E-state index contributed by atoms with van der Waals surface area (Å²) in [6.07, 6.45) is 9.77. The summed E-state index contributed by atoms with van der Waals surface area (Å²) in [7, 11) is 0. The summed E-state index contributed by atoms with van der Waals surface area (Å²) in [4.78, 5) is 46.9. The van der Waals surface area contributed by atoms with E-state index in [1.807, 2.05) is 24.3 Å². The summed E-state index contributed by atoms with van der Waals surface area (Å²) in [5.41, 5.74) is 4.42. The molecule has 0 unspecified atom stereocenters. The largest absolute Gasteiger partial charge is 0.370 e. The Labute approximate surface area is 351 Å². The van der Waals surface area contributed by atoms with Gasteiger partial charge in [-0.1, -0.05) is 13.8 Å². The van der Waals surface area contributed by atoms with E-state index >= 15 is 0 Å². The number of Topliss-reactive ketones (excluding diaryl/α,β-unsaturated/α-hetero) is 2. The molecule has 8 rings (SSSR count). The predicted octanol–water partition coefficient (Wildman–Crippen LogP) is 6.52. The zero-order chi connectivity index (χ0) is 42.2. The Morgan fingerprint density at radius 2 is 1.12 bits per heavy atom. The van der Waals surface area contributed by atoms with Gasteiger partial charge in [0, 0.05) is 99.5 Å². The number of nitrogens with one attached hydrogen (secondary N) is 2. The molecule has 0 radical (unpaired) electrons. The summed E-state index contributed by atoms with van der Waals surface area (Å²) in [6, 6.07) is 11.9. The number of alkyl halides is 2. The minimum absolute atomic E-state index is 0.143. The van der Waals surface area contributed by atoms with Gasteiger partial charge in [0.05, 0.1) is 22.2 Å². The van der Waals surface area contributed by atoms with E-state index < -0.39 is 12.3 Å². The third-order valence-electron chi connectivity index (χ3n) is 12.8. The van der Waals surface area contributed by atoms with Crippen LogP contribution in [0.4, 0.5) is 20.2 Å². The van der Waals surface area contributed by atoms with Gasteiger partial charge >= 0.3 is 0 Å². The summed E-state index contributed by atoms with van der Waals surface area (Å²) in [5.74, 6) is 1.45. The molecule has 2 aromatic heterocycles. The normalized spacial score (nSPS) is 27.0. The number of carbonyl (C=O) groups is 2. The molecule has 2 N–H and O–H groups in total. The molecule has 60 heavy (non-hydrogen) atoms. The molecule has 14 heteroatoms. The van der Waals surface area contributed by atoms with Crippen LogP contribution in [0.25, 0.3) is 21.8 Å². The van der Waals surface area contributed by atoms with E-state index in [4.69, 9.17) is 0 Å². The average molecular weight is 819 g/mol. The number of piperidine rings is 4. The van der Waals surface area contributed by atoms with Crippen molar-refractivity contribution in [3.8, 4) is 12.1 Å². The van der Waals surface area contributed by atoms with Crippen molar-refractivity contribution in [2.24, 2.45) is 35.5 Å². The number of ketones is 2. The maximum atomic E-state index is 14.1. The Hall–Kier alpha value is -5.18.